The minimum Gasteiger partial charge on any atom is -0.464 e. The summed E-state index contributed by atoms with van der Waals surface area (Å²) in [7, 11) is 1.50. The Morgan fingerprint density at radius 3 is 2.67 bits per heavy atom. The zero-order chi connectivity index (χ0) is 15.7. The molecule has 0 saturated carbocycles. The van der Waals surface area contributed by atoms with Gasteiger partial charge in [-0.2, -0.15) is 0 Å². The lowest BCUT2D eigenvalue weighted by Gasteiger charge is -2.16. The molecule has 0 saturated heterocycles. The van der Waals surface area contributed by atoms with Gasteiger partial charge in [0.2, 0.25) is 0 Å². The van der Waals surface area contributed by atoms with Crippen LogP contribution in [0.5, 0.6) is 0 Å². The number of nitrogens with zero attached hydrogens (tertiary/aromatic N) is 3. The number of halogens is 1. The van der Waals surface area contributed by atoms with Gasteiger partial charge in [-0.3, -0.25) is 18.9 Å². The molecule has 0 bridgehead atoms. The van der Waals surface area contributed by atoms with Crippen LogP contribution in [0.1, 0.15) is 26.3 Å². The Hall–Kier alpha value is -1.90. The van der Waals surface area contributed by atoms with Gasteiger partial charge >= 0.3 is 11.7 Å². The summed E-state index contributed by atoms with van der Waals surface area (Å²) in [6.07, 6.45) is 0.422. The zero-order valence-corrected chi connectivity index (χ0v) is 13.4. The molecule has 0 aliphatic carbocycles. The molecule has 2 aromatic rings. The number of aromatic nitrogens is 4. The van der Waals surface area contributed by atoms with Crippen LogP contribution in [0.25, 0.3) is 11.2 Å². The third kappa shape index (κ3) is 2.53. The van der Waals surface area contributed by atoms with Gasteiger partial charge < -0.3 is 4.74 Å². The maximum atomic E-state index is 12.1. The quantitative estimate of drug-likeness (QED) is 0.640. The van der Waals surface area contributed by atoms with E-state index < -0.39 is 23.3 Å². The van der Waals surface area contributed by atoms with E-state index in [4.69, 9.17) is 4.74 Å². The molecule has 0 amide bonds. The number of esters is 1. The molecule has 0 aliphatic rings. The third-order valence-electron chi connectivity index (χ3n) is 3.16. The monoisotopic (exact) mass is 358 g/mol. The number of hydrogen-bond acceptors (Lipinski definition) is 5. The van der Waals surface area contributed by atoms with Crippen LogP contribution in [0.4, 0.5) is 0 Å². The number of nitrogens with one attached hydrogen (secondary N) is 1. The number of aromatic amines is 1. The maximum Gasteiger partial charge on any atom is 0.329 e. The van der Waals surface area contributed by atoms with E-state index in [0.717, 1.165) is 0 Å². The van der Waals surface area contributed by atoms with E-state index in [1.54, 1.807) is 13.8 Å². The Bertz CT molecular complexity index is 804. The van der Waals surface area contributed by atoms with Crippen molar-refractivity contribution in [1.29, 1.82) is 0 Å². The summed E-state index contributed by atoms with van der Waals surface area (Å²) in [6, 6.07) is -0.692. The lowest BCUT2D eigenvalue weighted by molar-refractivity contribution is -0.147. The van der Waals surface area contributed by atoms with E-state index in [0.29, 0.717) is 11.2 Å². The second kappa shape index (κ2) is 5.84. The van der Waals surface area contributed by atoms with Gasteiger partial charge in [0.1, 0.15) is 6.04 Å². The minimum absolute atomic E-state index is 0.156. The molecule has 0 aromatic carbocycles. The van der Waals surface area contributed by atoms with Gasteiger partial charge in [-0.25, -0.2) is 14.6 Å². The van der Waals surface area contributed by atoms with Crippen molar-refractivity contribution < 1.29 is 9.53 Å². The molecule has 0 spiro atoms. The molecular weight excluding hydrogens is 344 g/mol. The van der Waals surface area contributed by atoms with Crippen LogP contribution in [0, 0.1) is 0 Å². The summed E-state index contributed by atoms with van der Waals surface area (Å²) in [5.41, 5.74) is -0.787. The number of rotatable bonds is 4. The van der Waals surface area contributed by atoms with Crippen molar-refractivity contribution in [3.8, 4) is 0 Å². The van der Waals surface area contributed by atoms with E-state index in [1.165, 1.54) is 16.2 Å². The van der Waals surface area contributed by atoms with E-state index in [-0.39, 0.29) is 17.8 Å². The summed E-state index contributed by atoms with van der Waals surface area (Å²) in [5, 5.41) is 0. The maximum absolute atomic E-state index is 12.1. The minimum atomic E-state index is -0.692. The molecular formula is C12H15BrN4O4. The highest BCUT2D eigenvalue weighted by molar-refractivity contribution is 9.10. The zero-order valence-electron chi connectivity index (χ0n) is 11.8. The molecule has 114 valence electrons. The first-order valence-electron chi connectivity index (χ1n) is 6.45. The third-order valence-corrected chi connectivity index (χ3v) is 3.72. The van der Waals surface area contributed by atoms with Crippen LogP contribution in [0.2, 0.25) is 0 Å². The SMILES string of the molecule is CCOC(=O)C(CC)n1c(Br)nc2c1c(=O)[nH]c(=O)n2C. The molecule has 8 nitrogen and oxygen atoms in total. The summed E-state index contributed by atoms with van der Waals surface area (Å²) in [4.78, 5) is 42.1. The van der Waals surface area contributed by atoms with E-state index >= 15 is 0 Å². The van der Waals surface area contributed by atoms with Gasteiger partial charge in [0.05, 0.1) is 6.61 Å². The molecule has 2 heterocycles. The van der Waals surface area contributed by atoms with E-state index in [2.05, 4.69) is 25.9 Å². The van der Waals surface area contributed by atoms with E-state index in [9.17, 15) is 14.4 Å². The Balaban J connectivity index is 2.77. The molecule has 0 radical (unpaired) electrons. The largest absolute Gasteiger partial charge is 0.464 e. The first-order chi connectivity index (χ1) is 9.92. The van der Waals surface area contributed by atoms with Crippen molar-refractivity contribution in [2.45, 2.75) is 26.3 Å². The van der Waals surface area contributed by atoms with Crippen molar-refractivity contribution in [3.63, 3.8) is 0 Å². The van der Waals surface area contributed by atoms with Crippen molar-refractivity contribution in [1.82, 2.24) is 19.1 Å². The lowest BCUT2D eigenvalue weighted by atomic mass is 10.2. The fourth-order valence-corrected chi connectivity index (χ4v) is 2.75. The Labute approximate surface area is 127 Å². The second-order valence-corrected chi connectivity index (χ2v) is 5.13. The molecule has 21 heavy (non-hydrogen) atoms. The molecule has 0 fully saturated rings. The van der Waals surface area contributed by atoms with Crippen LogP contribution in [0.15, 0.2) is 14.3 Å². The van der Waals surface area contributed by atoms with Gasteiger partial charge in [0.15, 0.2) is 15.9 Å². The number of ether oxygens (including phenoxy) is 1. The van der Waals surface area contributed by atoms with Gasteiger partial charge in [0, 0.05) is 7.05 Å². The standard InChI is InChI=1S/C12H15BrN4O4/c1-4-6(10(19)21-5-2)17-7-8(14-11(17)13)16(3)12(20)15-9(7)18/h6H,4-5H2,1-3H3,(H,15,18,20). The highest BCUT2D eigenvalue weighted by atomic mass is 79.9. The van der Waals surface area contributed by atoms with Crippen molar-refractivity contribution >= 4 is 33.1 Å². The summed E-state index contributed by atoms with van der Waals surface area (Å²) in [5.74, 6) is -0.451. The number of aryl methyl sites for hydroxylation is 1. The fourth-order valence-electron chi connectivity index (χ4n) is 2.15. The van der Waals surface area contributed by atoms with Crippen molar-refractivity contribution in [3.05, 3.63) is 25.6 Å². The average molecular weight is 359 g/mol. The van der Waals surface area contributed by atoms with Crippen molar-refractivity contribution in [2.24, 2.45) is 7.05 Å². The van der Waals surface area contributed by atoms with Crippen LogP contribution in [0.3, 0.4) is 0 Å². The van der Waals surface area contributed by atoms with Gasteiger partial charge in [-0.1, -0.05) is 6.92 Å². The lowest BCUT2D eigenvalue weighted by Crippen LogP contribution is -2.31. The summed E-state index contributed by atoms with van der Waals surface area (Å²) in [6.45, 7) is 3.76. The average Bonchev–Trinajstić information content (AvgIpc) is 2.76. The predicted molar refractivity (Wildman–Crippen MR) is 79.3 cm³/mol. The molecule has 2 rings (SSSR count). The first kappa shape index (κ1) is 15.5. The van der Waals surface area contributed by atoms with Crippen LogP contribution < -0.4 is 11.2 Å². The van der Waals surface area contributed by atoms with Crippen LogP contribution in [-0.4, -0.2) is 31.7 Å². The molecule has 2 aromatic heterocycles. The summed E-state index contributed by atoms with van der Waals surface area (Å²) >= 11 is 3.24. The number of imidazole rings is 1. The number of hydrogen-bond donors (Lipinski definition) is 1. The highest BCUT2D eigenvalue weighted by Crippen LogP contribution is 2.24. The molecule has 1 atom stereocenters. The molecule has 1 unspecified atom stereocenters. The fraction of sp³-hybridized carbons (Fsp3) is 0.500. The van der Waals surface area contributed by atoms with E-state index in [1.807, 2.05) is 0 Å². The first-order valence-corrected chi connectivity index (χ1v) is 7.25. The Kier molecular flexibility index (Phi) is 4.31. The highest BCUT2D eigenvalue weighted by Gasteiger charge is 2.27. The van der Waals surface area contributed by atoms with Gasteiger partial charge in [-0.15, -0.1) is 0 Å². The number of fused-ring (bicyclic) bond motifs is 1. The molecule has 9 heteroatoms. The topological polar surface area (TPSA) is 99.0 Å². The van der Waals surface area contributed by atoms with Crippen LogP contribution in [-0.2, 0) is 16.6 Å². The number of H-pyrrole nitrogens is 1. The summed E-state index contributed by atoms with van der Waals surface area (Å²) < 4.78 is 7.99. The van der Waals surface area contributed by atoms with Gasteiger partial charge in [-0.05, 0) is 29.3 Å². The molecule has 1 N–H and O–H groups in total. The number of carbonyl (C=O) groups is 1. The van der Waals surface area contributed by atoms with Crippen molar-refractivity contribution in [2.75, 3.05) is 6.61 Å². The van der Waals surface area contributed by atoms with Gasteiger partial charge in [0.25, 0.3) is 5.56 Å². The Morgan fingerprint density at radius 1 is 1.43 bits per heavy atom. The normalized spacial score (nSPS) is 12.6. The molecule has 0 aliphatic heterocycles. The second-order valence-electron chi connectivity index (χ2n) is 4.42. The predicted octanol–water partition coefficient (Wildman–Crippen LogP) is 0.700. The number of carbonyl (C=O) groups excluding carboxylic acids is 1. The van der Waals surface area contributed by atoms with Crippen LogP contribution >= 0.6 is 15.9 Å². The Morgan fingerprint density at radius 2 is 2.10 bits per heavy atom. The smallest absolute Gasteiger partial charge is 0.329 e.